The third kappa shape index (κ3) is 10.1. The molecule has 298 valence electrons. The normalized spacial score (nSPS) is 11.7. The minimum absolute atomic E-state index is 0.000123. The number of para-hydroxylation sites is 2. The second-order valence-electron chi connectivity index (χ2n) is 15.7. The second kappa shape index (κ2) is 18.8. The Morgan fingerprint density at radius 1 is 0.508 bits per heavy atom. The van der Waals surface area contributed by atoms with E-state index in [1.54, 1.807) is 0 Å². The number of carbonyl (C=O) groups excluding carboxylic acids is 1. The van der Waals surface area contributed by atoms with Gasteiger partial charge in [-0.25, -0.2) is 0 Å². The van der Waals surface area contributed by atoms with E-state index in [1.807, 2.05) is 60.7 Å². The van der Waals surface area contributed by atoms with E-state index in [1.165, 1.54) is 5.56 Å². The van der Waals surface area contributed by atoms with Gasteiger partial charge in [-0.2, -0.15) is 0 Å². The highest BCUT2D eigenvalue weighted by molar-refractivity contribution is 6.09. The number of hydrogen-bond acceptors (Lipinski definition) is 5. The Hall–Kier alpha value is -6.59. The highest BCUT2D eigenvalue weighted by Gasteiger charge is 2.20. The van der Waals surface area contributed by atoms with Crippen molar-refractivity contribution < 1.29 is 14.3 Å². The van der Waals surface area contributed by atoms with Crippen LogP contribution in [0, 0.1) is 0 Å². The molecule has 0 fully saturated rings. The molecule has 0 aliphatic rings. The largest absolute Gasteiger partial charge is 0.488 e. The van der Waals surface area contributed by atoms with Crippen molar-refractivity contribution in [3.63, 3.8) is 0 Å². The highest BCUT2D eigenvalue weighted by atomic mass is 16.5. The van der Waals surface area contributed by atoms with Gasteiger partial charge in [-0.3, -0.25) is 4.79 Å². The maximum absolute atomic E-state index is 13.2. The first kappa shape index (κ1) is 40.6. The molecule has 0 radical (unpaired) electrons. The van der Waals surface area contributed by atoms with Gasteiger partial charge in [0.15, 0.2) is 5.78 Å². The average molecular weight is 779 g/mol. The van der Waals surface area contributed by atoms with Gasteiger partial charge in [-0.05, 0) is 166 Å². The molecule has 0 amide bonds. The Balaban J connectivity index is 1.09. The third-order valence-electron chi connectivity index (χ3n) is 10.8. The second-order valence-corrected chi connectivity index (χ2v) is 15.7. The number of ketones is 1. The van der Waals surface area contributed by atoms with Gasteiger partial charge >= 0.3 is 0 Å². The molecule has 5 nitrogen and oxygen atoms in total. The zero-order valence-electron chi connectivity index (χ0n) is 34.8. The van der Waals surface area contributed by atoms with Crippen LogP contribution >= 0.6 is 0 Å². The lowest BCUT2D eigenvalue weighted by Crippen LogP contribution is -2.27. The number of anilines is 6. The molecule has 59 heavy (non-hydrogen) atoms. The van der Waals surface area contributed by atoms with Crippen LogP contribution in [0.2, 0.25) is 0 Å². The van der Waals surface area contributed by atoms with E-state index in [4.69, 9.17) is 9.47 Å². The van der Waals surface area contributed by atoms with Crippen LogP contribution in [0.3, 0.4) is 0 Å². The fraction of sp³-hybridized carbons (Fsp3) is 0.204. The van der Waals surface area contributed by atoms with Crippen molar-refractivity contribution in [2.24, 2.45) is 0 Å². The zero-order valence-corrected chi connectivity index (χ0v) is 34.8. The minimum atomic E-state index is -0.222. The topological polar surface area (TPSA) is 42.0 Å². The molecule has 0 heterocycles. The molecule has 0 aliphatic heterocycles. The van der Waals surface area contributed by atoms with Gasteiger partial charge in [-0.1, -0.05) is 87.9 Å². The van der Waals surface area contributed by atoms with Crippen molar-refractivity contribution >= 4 is 39.9 Å². The standard InChI is InChI=1S/C54H54N2O3/c1-6-8-39-54(4,5)59-52-37-31-49(32-38-52)56(45-17-13-10-14-18-45)47-27-25-46(26-28-47)55(44-15-11-9-12-16-44)48-29-35-51(36-30-48)58-50-33-23-43(24-34-50)53(57)42-21-19-41(20-22-42)40(3)7-2/h9-38,40H,6-8,39H2,1-5H3. The lowest BCUT2D eigenvalue weighted by molar-refractivity contribution is 0.0967. The molecule has 1 unspecified atom stereocenters. The fourth-order valence-corrected chi connectivity index (χ4v) is 7.27. The van der Waals surface area contributed by atoms with Gasteiger partial charge in [-0.15, -0.1) is 0 Å². The van der Waals surface area contributed by atoms with Crippen LogP contribution in [-0.2, 0) is 0 Å². The molecule has 7 aromatic carbocycles. The summed E-state index contributed by atoms with van der Waals surface area (Å²) in [5, 5.41) is 0. The van der Waals surface area contributed by atoms with E-state index in [-0.39, 0.29) is 11.4 Å². The molecule has 0 N–H and O–H groups in total. The van der Waals surface area contributed by atoms with E-state index in [0.29, 0.717) is 28.5 Å². The predicted octanol–water partition coefficient (Wildman–Crippen LogP) is 15.5. The van der Waals surface area contributed by atoms with Crippen molar-refractivity contribution in [3.8, 4) is 17.2 Å². The number of benzene rings is 7. The van der Waals surface area contributed by atoms with E-state index in [2.05, 4.69) is 166 Å². The minimum Gasteiger partial charge on any atom is -0.488 e. The summed E-state index contributed by atoms with van der Waals surface area (Å²) in [4.78, 5) is 17.7. The molecule has 0 saturated heterocycles. The Kier molecular flexibility index (Phi) is 12.9. The molecule has 0 aromatic heterocycles. The lowest BCUT2D eigenvalue weighted by atomic mass is 9.95. The molecular formula is C54H54N2O3. The predicted molar refractivity (Wildman–Crippen MR) is 245 cm³/mol. The number of carbonyl (C=O) groups is 1. The Bertz CT molecular complexity index is 2370. The van der Waals surface area contributed by atoms with Crippen LogP contribution in [0.1, 0.15) is 87.7 Å². The summed E-state index contributed by atoms with van der Waals surface area (Å²) in [5.74, 6) is 2.71. The summed E-state index contributed by atoms with van der Waals surface area (Å²) < 4.78 is 12.7. The number of rotatable bonds is 17. The Labute approximate surface area is 350 Å². The number of hydrogen-bond donors (Lipinski definition) is 0. The van der Waals surface area contributed by atoms with Gasteiger partial charge in [0.25, 0.3) is 0 Å². The summed E-state index contributed by atoms with van der Waals surface area (Å²) in [5.41, 5.74) is 8.56. The number of unbranched alkanes of at least 4 members (excludes halogenated alkanes) is 1. The summed E-state index contributed by atoms with van der Waals surface area (Å²) in [6.45, 7) is 10.9. The summed E-state index contributed by atoms with van der Waals surface area (Å²) in [7, 11) is 0. The molecular weight excluding hydrogens is 725 g/mol. The van der Waals surface area contributed by atoms with Crippen molar-refractivity contribution in [3.05, 3.63) is 199 Å². The first-order chi connectivity index (χ1) is 28.7. The highest BCUT2D eigenvalue weighted by Crippen LogP contribution is 2.40. The Morgan fingerprint density at radius 3 is 1.31 bits per heavy atom. The van der Waals surface area contributed by atoms with Gasteiger partial charge in [0.2, 0.25) is 0 Å². The van der Waals surface area contributed by atoms with E-state index in [0.717, 1.165) is 65.6 Å². The van der Waals surface area contributed by atoms with Gasteiger partial charge in [0.05, 0.1) is 0 Å². The van der Waals surface area contributed by atoms with E-state index in [9.17, 15) is 4.79 Å². The van der Waals surface area contributed by atoms with Crippen LogP contribution in [-0.4, -0.2) is 11.4 Å². The van der Waals surface area contributed by atoms with Crippen molar-refractivity contribution in [2.75, 3.05) is 9.80 Å². The van der Waals surface area contributed by atoms with Crippen LogP contribution in [0.25, 0.3) is 0 Å². The van der Waals surface area contributed by atoms with E-state index >= 15 is 0 Å². The van der Waals surface area contributed by atoms with Crippen molar-refractivity contribution in [1.29, 1.82) is 0 Å². The molecule has 0 aliphatic carbocycles. The van der Waals surface area contributed by atoms with Gasteiger partial charge < -0.3 is 19.3 Å². The maximum atomic E-state index is 13.2. The molecule has 7 aromatic rings. The average Bonchev–Trinajstić information content (AvgIpc) is 3.28. The third-order valence-corrected chi connectivity index (χ3v) is 10.8. The smallest absolute Gasteiger partial charge is 0.193 e. The van der Waals surface area contributed by atoms with Gasteiger partial charge in [0, 0.05) is 45.3 Å². The van der Waals surface area contributed by atoms with Crippen LogP contribution in [0.15, 0.2) is 182 Å². The molecule has 0 spiro atoms. The quantitative estimate of drug-likeness (QED) is 0.0861. The number of nitrogens with zero attached hydrogens (tertiary/aromatic N) is 2. The molecule has 0 saturated carbocycles. The zero-order chi connectivity index (χ0) is 41.2. The first-order valence-electron chi connectivity index (χ1n) is 20.8. The molecule has 7 rings (SSSR count). The summed E-state index contributed by atoms with van der Waals surface area (Å²) in [6, 6.07) is 61.3. The van der Waals surface area contributed by atoms with Crippen molar-refractivity contribution in [2.45, 2.75) is 71.8 Å². The first-order valence-corrected chi connectivity index (χ1v) is 20.8. The van der Waals surface area contributed by atoms with E-state index < -0.39 is 0 Å². The summed E-state index contributed by atoms with van der Waals surface area (Å²) >= 11 is 0. The maximum Gasteiger partial charge on any atom is 0.193 e. The molecule has 1 atom stereocenters. The molecule has 5 heteroatoms. The lowest BCUT2D eigenvalue weighted by Gasteiger charge is -2.29. The van der Waals surface area contributed by atoms with Gasteiger partial charge in [0.1, 0.15) is 22.8 Å². The molecule has 0 bridgehead atoms. The van der Waals surface area contributed by atoms with Crippen LogP contribution in [0.4, 0.5) is 34.1 Å². The SMILES string of the molecule is CCCCC(C)(C)Oc1ccc(N(c2ccccc2)c2ccc(N(c3ccccc3)c3ccc(Oc4ccc(C(=O)c5ccc(C(C)CC)cc5)cc4)cc3)cc2)cc1. The van der Waals surface area contributed by atoms with Crippen LogP contribution in [0.5, 0.6) is 17.2 Å². The van der Waals surface area contributed by atoms with Crippen molar-refractivity contribution in [1.82, 2.24) is 0 Å². The monoisotopic (exact) mass is 778 g/mol. The fourth-order valence-electron chi connectivity index (χ4n) is 7.27. The Morgan fingerprint density at radius 2 is 0.881 bits per heavy atom. The summed E-state index contributed by atoms with van der Waals surface area (Å²) in [6.07, 6.45) is 4.37. The van der Waals surface area contributed by atoms with Crippen LogP contribution < -0.4 is 19.3 Å². The number of ether oxygens (including phenoxy) is 2.